The molecule has 2 aliphatic carbocycles. The Balaban J connectivity index is 1.75. The molecule has 2 nitrogen and oxygen atoms in total. The summed E-state index contributed by atoms with van der Waals surface area (Å²) in [5, 5.41) is 3.28. The molecule has 0 bridgehead atoms. The Labute approximate surface area is 119 Å². The first-order chi connectivity index (χ1) is 9.65. The molecule has 0 amide bonds. The lowest BCUT2D eigenvalue weighted by Gasteiger charge is -2.27. The molecule has 2 aliphatic rings. The van der Waals surface area contributed by atoms with E-state index in [4.69, 9.17) is 0 Å². The van der Waals surface area contributed by atoms with Gasteiger partial charge in [-0.2, -0.15) is 0 Å². The van der Waals surface area contributed by atoms with Gasteiger partial charge in [-0.05, 0) is 43.4 Å². The molecule has 1 aromatic carbocycles. The van der Waals surface area contributed by atoms with Gasteiger partial charge in [-0.3, -0.25) is 0 Å². The van der Waals surface area contributed by atoms with Gasteiger partial charge in [-0.25, -0.2) is 8.78 Å². The fourth-order valence-electron chi connectivity index (χ4n) is 3.08. The molecule has 0 unspecified atom stereocenters. The van der Waals surface area contributed by atoms with Crippen LogP contribution in [0.4, 0.5) is 14.5 Å². The van der Waals surface area contributed by atoms with Gasteiger partial charge in [0.2, 0.25) is 0 Å². The van der Waals surface area contributed by atoms with Crippen LogP contribution in [-0.2, 0) is 6.54 Å². The smallest absolute Gasteiger partial charge is 0.149 e. The van der Waals surface area contributed by atoms with E-state index in [0.717, 1.165) is 25.7 Å². The van der Waals surface area contributed by atoms with Crippen molar-refractivity contribution in [3.05, 3.63) is 29.3 Å². The fraction of sp³-hybridized carbons (Fsp3) is 0.625. The maximum Gasteiger partial charge on any atom is 0.149 e. The average Bonchev–Trinajstić information content (AvgIpc) is 3.07. The predicted molar refractivity (Wildman–Crippen MR) is 76.9 cm³/mol. The van der Waals surface area contributed by atoms with Gasteiger partial charge in [-0.15, -0.1) is 0 Å². The first-order valence-corrected chi connectivity index (χ1v) is 7.59. The molecule has 1 N–H and O–H groups in total. The fourth-order valence-corrected chi connectivity index (χ4v) is 3.08. The number of hydrogen-bond acceptors (Lipinski definition) is 2. The molecule has 20 heavy (non-hydrogen) atoms. The van der Waals surface area contributed by atoms with Gasteiger partial charge in [0, 0.05) is 25.7 Å². The Hall–Kier alpha value is -1.16. The minimum Gasteiger partial charge on any atom is -0.367 e. The highest BCUT2D eigenvalue weighted by atomic mass is 19.1. The number of rotatable bonds is 5. The zero-order valence-electron chi connectivity index (χ0n) is 12.0. The van der Waals surface area contributed by atoms with Gasteiger partial charge in [0.1, 0.15) is 17.3 Å². The number of benzene rings is 1. The minimum absolute atomic E-state index is 0.132. The molecule has 3 rings (SSSR count). The molecule has 110 valence electrons. The quantitative estimate of drug-likeness (QED) is 0.886. The molecule has 0 atom stereocenters. The number of halogens is 2. The van der Waals surface area contributed by atoms with E-state index < -0.39 is 11.6 Å². The summed E-state index contributed by atoms with van der Waals surface area (Å²) in [6, 6.07) is 3.76. The van der Waals surface area contributed by atoms with Crippen molar-refractivity contribution >= 4 is 5.69 Å². The Morgan fingerprint density at radius 2 is 1.70 bits per heavy atom. The summed E-state index contributed by atoms with van der Waals surface area (Å²) >= 11 is 0. The Morgan fingerprint density at radius 3 is 2.25 bits per heavy atom. The van der Waals surface area contributed by atoms with Crippen LogP contribution >= 0.6 is 0 Å². The van der Waals surface area contributed by atoms with Gasteiger partial charge in [0.05, 0.1) is 0 Å². The van der Waals surface area contributed by atoms with Crippen LogP contribution in [-0.4, -0.2) is 19.1 Å². The lowest BCUT2D eigenvalue weighted by atomic mass is 10.1. The largest absolute Gasteiger partial charge is 0.367 e. The topological polar surface area (TPSA) is 15.3 Å². The van der Waals surface area contributed by atoms with E-state index in [1.165, 1.54) is 25.0 Å². The molecule has 0 spiro atoms. The standard InChI is InChI=1S/C16H22F2N2/c1-20(13-4-2-3-5-13)16-14(17)8-11(9-15(16)18)10-19-12-6-7-12/h8-9,12-13,19H,2-7,10H2,1H3. The van der Waals surface area contributed by atoms with Crippen molar-refractivity contribution in [1.82, 2.24) is 5.32 Å². The first-order valence-electron chi connectivity index (χ1n) is 7.59. The van der Waals surface area contributed by atoms with Crippen LogP contribution in [0.2, 0.25) is 0 Å². The van der Waals surface area contributed by atoms with E-state index in [1.807, 2.05) is 0 Å². The van der Waals surface area contributed by atoms with Crippen LogP contribution < -0.4 is 10.2 Å². The van der Waals surface area contributed by atoms with Crippen molar-refractivity contribution in [2.45, 2.75) is 57.2 Å². The highest BCUT2D eigenvalue weighted by Crippen LogP contribution is 2.31. The van der Waals surface area contributed by atoms with Crippen molar-refractivity contribution in [2.75, 3.05) is 11.9 Å². The summed E-state index contributed by atoms with van der Waals surface area (Å²) in [4.78, 5) is 1.79. The van der Waals surface area contributed by atoms with E-state index >= 15 is 0 Å². The number of hydrogen-bond donors (Lipinski definition) is 1. The molecule has 0 aromatic heterocycles. The number of nitrogens with zero attached hydrogens (tertiary/aromatic N) is 1. The van der Waals surface area contributed by atoms with Crippen molar-refractivity contribution in [3.63, 3.8) is 0 Å². The van der Waals surface area contributed by atoms with E-state index in [0.29, 0.717) is 18.2 Å². The molecule has 1 aromatic rings. The summed E-state index contributed by atoms with van der Waals surface area (Å²) in [5.74, 6) is -0.876. The monoisotopic (exact) mass is 280 g/mol. The van der Waals surface area contributed by atoms with Crippen LogP contribution in [0.1, 0.15) is 44.1 Å². The summed E-state index contributed by atoms with van der Waals surface area (Å²) in [6.45, 7) is 0.548. The second-order valence-corrected chi connectivity index (χ2v) is 6.11. The maximum absolute atomic E-state index is 14.2. The molecule has 2 saturated carbocycles. The van der Waals surface area contributed by atoms with Crippen LogP contribution in [0.5, 0.6) is 0 Å². The Morgan fingerprint density at radius 1 is 1.10 bits per heavy atom. The van der Waals surface area contributed by atoms with E-state index in [9.17, 15) is 8.78 Å². The molecule has 0 heterocycles. The third kappa shape index (κ3) is 2.95. The molecular weight excluding hydrogens is 258 g/mol. The second kappa shape index (κ2) is 5.68. The third-order valence-electron chi connectivity index (χ3n) is 4.47. The highest BCUT2D eigenvalue weighted by Gasteiger charge is 2.25. The van der Waals surface area contributed by atoms with Crippen LogP contribution in [0.25, 0.3) is 0 Å². The second-order valence-electron chi connectivity index (χ2n) is 6.11. The number of anilines is 1. The minimum atomic E-state index is -0.438. The SMILES string of the molecule is CN(c1c(F)cc(CNC2CC2)cc1F)C1CCCC1. The Bertz CT molecular complexity index is 456. The average molecular weight is 280 g/mol. The van der Waals surface area contributed by atoms with Crippen LogP contribution in [0, 0.1) is 11.6 Å². The molecule has 4 heteroatoms. The highest BCUT2D eigenvalue weighted by molar-refractivity contribution is 5.51. The maximum atomic E-state index is 14.2. The molecular formula is C16H22F2N2. The first kappa shape index (κ1) is 13.8. The van der Waals surface area contributed by atoms with Crippen molar-refractivity contribution < 1.29 is 8.78 Å². The molecule has 0 radical (unpaired) electrons. The van der Waals surface area contributed by atoms with Crippen molar-refractivity contribution in [2.24, 2.45) is 0 Å². The van der Waals surface area contributed by atoms with Crippen LogP contribution in [0.3, 0.4) is 0 Å². The summed E-state index contributed by atoms with van der Waals surface area (Å²) in [7, 11) is 1.81. The number of nitrogens with one attached hydrogen (secondary N) is 1. The van der Waals surface area contributed by atoms with E-state index in [2.05, 4.69) is 5.32 Å². The van der Waals surface area contributed by atoms with Gasteiger partial charge >= 0.3 is 0 Å². The van der Waals surface area contributed by atoms with Gasteiger partial charge in [0.25, 0.3) is 0 Å². The molecule has 2 fully saturated rings. The lowest BCUT2D eigenvalue weighted by Crippen LogP contribution is -2.30. The zero-order chi connectivity index (χ0) is 14.1. The summed E-state index contributed by atoms with van der Waals surface area (Å²) < 4.78 is 28.5. The van der Waals surface area contributed by atoms with E-state index in [-0.39, 0.29) is 11.7 Å². The van der Waals surface area contributed by atoms with Gasteiger partial charge in [0.15, 0.2) is 0 Å². The van der Waals surface area contributed by atoms with Crippen molar-refractivity contribution in [1.29, 1.82) is 0 Å². The normalized spacial score (nSPS) is 19.6. The Kier molecular flexibility index (Phi) is 3.92. The van der Waals surface area contributed by atoms with E-state index in [1.54, 1.807) is 11.9 Å². The van der Waals surface area contributed by atoms with Crippen LogP contribution in [0.15, 0.2) is 12.1 Å². The molecule has 0 aliphatic heterocycles. The lowest BCUT2D eigenvalue weighted by molar-refractivity contribution is 0.549. The summed E-state index contributed by atoms with van der Waals surface area (Å²) in [6.07, 6.45) is 6.71. The van der Waals surface area contributed by atoms with Gasteiger partial charge < -0.3 is 10.2 Å². The predicted octanol–water partition coefficient (Wildman–Crippen LogP) is 3.60. The summed E-state index contributed by atoms with van der Waals surface area (Å²) in [5.41, 5.74) is 0.822. The zero-order valence-corrected chi connectivity index (χ0v) is 12.0. The van der Waals surface area contributed by atoms with Gasteiger partial charge in [-0.1, -0.05) is 12.8 Å². The van der Waals surface area contributed by atoms with Crippen molar-refractivity contribution in [3.8, 4) is 0 Å². The molecule has 0 saturated heterocycles. The third-order valence-corrected chi connectivity index (χ3v) is 4.47.